The van der Waals surface area contributed by atoms with E-state index in [2.05, 4.69) is 17.0 Å². The van der Waals surface area contributed by atoms with Crippen molar-refractivity contribution in [3.05, 3.63) is 40.9 Å². The normalized spacial score (nSPS) is 10.8. The molecule has 5 heteroatoms. The summed E-state index contributed by atoms with van der Waals surface area (Å²) in [5, 5.41) is 14.2. The van der Waals surface area contributed by atoms with Gasteiger partial charge in [-0.05, 0) is 18.6 Å². The molecule has 0 spiro atoms. The number of halogens is 1. The Bertz CT molecular complexity index is 496. The second kappa shape index (κ2) is 5.29. The van der Waals surface area contributed by atoms with E-state index in [0.717, 1.165) is 24.2 Å². The van der Waals surface area contributed by atoms with E-state index < -0.39 is 0 Å². The first-order chi connectivity index (χ1) is 8.27. The van der Waals surface area contributed by atoms with Gasteiger partial charge in [0.2, 0.25) is 0 Å². The van der Waals surface area contributed by atoms with E-state index in [1.807, 2.05) is 12.1 Å². The van der Waals surface area contributed by atoms with Gasteiger partial charge in [-0.3, -0.25) is 4.98 Å². The summed E-state index contributed by atoms with van der Waals surface area (Å²) >= 11 is 6.22. The van der Waals surface area contributed by atoms with Crippen LogP contribution >= 0.6 is 11.6 Å². The van der Waals surface area contributed by atoms with Crippen molar-refractivity contribution in [1.82, 2.24) is 14.8 Å². The highest BCUT2D eigenvalue weighted by molar-refractivity contribution is 6.30. The lowest BCUT2D eigenvalue weighted by Crippen LogP contribution is -1.97. The molecule has 0 aliphatic rings. The Morgan fingerprint density at radius 1 is 1.35 bits per heavy atom. The molecule has 0 amide bonds. The first-order valence-electron chi connectivity index (χ1n) is 5.55. The summed E-state index contributed by atoms with van der Waals surface area (Å²) in [7, 11) is 0. The molecule has 90 valence electrons. The average Bonchev–Trinajstić information content (AvgIpc) is 2.67. The van der Waals surface area contributed by atoms with Gasteiger partial charge in [0.15, 0.2) is 0 Å². The molecule has 0 unspecified atom stereocenters. The molecule has 4 nitrogen and oxygen atoms in total. The van der Waals surface area contributed by atoms with Crippen LogP contribution in [0.5, 0.6) is 0 Å². The van der Waals surface area contributed by atoms with Gasteiger partial charge in [0.25, 0.3) is 0 Å². The monoisotopic (exact) mass is 251 g/mol. The molecule has 2 heterocycles. The molecular formula is C12H14ClN3O. The maximum absolute atomic E-state index is 9.34. The van der Waals surface area contributed by atoms with Crippen molar-refractivity contribution >= 4 is 11.6 Å². The Hall–Kier alpha value is -1.39. The predicted octanol–water partition coefficient (Wildman–Crippen LogP) is 2.37. The second-order valence-electron chi connectivity index (χ2n) is 3.74. The Kier molecular flexibility index (Phi) is 3.76. The number of nitrogens with zero attached hydrogens (tertiary/aromatic N) is 3. The number of rotatable bonds is 4. The Labute approximate surface area is 105 Å². The quantitative estimate of drug-likeness (QED) is 0.908. The lowest BCUT2D eigenvalue weighted by Gasteiger charge is -2.01. The van der Waals surface area contributed by atoms with E-state index >= 15 is 0 Å². The zero-order valence-corrected chi connectivity index (χ0v) is 10.4. The van der Waals surface area contributed by atoms with Gasteiger partial charge < -0.3 is 5.11 Å². The number of hydrogen-bond acceptors (Lipinski definition) is 3. The van der Waals surface area contributed by atoms with Gasteiger partial charge in [-0.1, -0.05) is 24.9 Å². The molecule has 0 aromatic carbocycles. The number of aliphatic hydroxyl groups is 1. The Morgan fingerprint density at radius 3 is 2.65 bits per heavy atom. The summed E-state index contributed by atoms with van der Waals surface area (Å²) < 4.78 is 1.64. The van der Waals surface area contributed by atoms with Gasteiger partial charge >= 0.3 is 0 Å². The van der Waals surface area contributed by atoms with E-state index in [1.54, 1.807) is 17.1 Å². The summed E-state index contributed by atoms with van der Waals surface area (Å²) in [5.74, 6) is 0. The van der Waals surface area contributed by atoms with Crippen molar-refractivity contribution in [2.45, 2.75) is 26.4 Å². The summed E-state index contributed by atoms with van der Waals surface area (Å²) in [5.41, 5.74) is 2.42. The molecule has 1 N–H and O–H groups in total. The number of pyridine rings is 1. The highest BCUT2D eigenvalue weighted by Crippen LogP contribution is 2.24. The van der Waals surface area contributed by atoms with Crippen LogP contribution in [0.2, 0.25) is 5.15 Å². The first-order valence-corrected chi connectivity index (χ1v) is 5.93. The predicted molar refractivity (Wildman–Crippen MR) is 66.3 cm³/mol. The van der Waals surface area contributed by atoms with E-state index in [9.17, 15) is 5.11 Å². The number of aryl methyl sites for hydroxylation is 1. The van der Waals surface area contributed by atoms with Crippen molar-refractivity contribution in [3.8, 4) is 5.69 Å². The molecule has 0 radical (unpaired) electrons. The molecule has 2 rings (SSSR count). The fourth-order valence-corrected chi connectivity index (χ4v) is 2.03. The number of hydrogen-bond donors (Lipinski definition) is 1. The van der Waals surface area contributed by atoms with Crippen LogP contribution in [0, 0.1) is 0 Å². The molecule has 0 fully saturated rings. The van der Waals surface area contributed by atoms with Gasteiger partial charge in [-0.2, -0.15) is 5.10 Å². The molecule has 17 heavy (non-hydrogen) atoms. The highest BCUT2D eigenvalue weighted by Gasteiger charge is 2.15. The molecule has 0 aliphatic carbocycles. The third kappa shape index (κ3) is 2.33. The van der Waals surface area contributed by atoms with Crippen LogP contribution in [-0.2, 0) is 13.0 Å². The molecule has 2 aromatic heterocycles. The summed E-state index contributed by atoms with van der Waals surface area (Å²) in [6.45, 7) is 1.99. The van der Waals surface area contributed by atoms with Crippen molar-refractivity contribution in [1.29, 1.82) is 0 Å². The van der Waals surface area contributed by atoms with E-state index in [0.29, 0.717) is 10.7 Å². The summed E-state index contributed by atoms with van der Waals surface area (Å²) in [6, 6.07) is 3.66. The van der Waals surface area contributed by atoms with Gasteiger partial charge in [0.1, 0.15) is 5.15 Å². The first kappa shape index (κ1) is 12.1. The average molecular weight is 252 g/mol. The minimum absolute atomic E-state index is 0.0841. The minimum atomic E-state index is -0.0841. The van der Waals surface area contributed by atoms with Crippen molar-refractivity contribution in [2.24, 2.45) is 0 Å². The van der Waals surface area contributed by atoms with Crippen molar-refractivity contribution in [2.75, 3.05) is 0 Å². The molecule has 2 aromatic rings. The third-order valence-corrected chi connectivity index (χ3v) is 2.94. The van der Waals surface area contributed by atoms with Crippen LogP contribution in [-0.4, -0.2) is 19.9 Å². The van der Waals surface area contributed by atoms with Crippen LogP contribution < -0.4 is 0 Å². The van der Waals surface area contributed by atoms with Gasteiger partial charge in [0, 0.05) is 18.0 Å². The van der Waals surface area contributed by atoms with Crippen LogP contribution in [0.1, 0.15) is 24.6 Å². The smallest absolute Gasteiger partial charge is 0.138 e. The van der Waals surface area contributed by atoms with E-state index in [4.69, 9.17) is 11.6 Å². The fraction of sp³-hybridized carbons (Fsp3) is 0.333. The SMILES string of the molecule is CCCc1nn(-c2ccncc2)c(Cl)c1CO. The van der Waals surface area contributed by atoms with Gasteiger partial charge in [-0.15, -0.1) is 0 Å². The largest absolute Gasteiger partial charge is 0.391 e. The zero-order valence-electron chi connectivity index (χ0n) is 9.60. The molecule has 0 aliphatic heterocycles. The molecule has 0 atom stereocenters. The van der Waals surface area contributed by atoms with E-state index in [1.165, 1.54) is 0 Å². The molecule has 0 bridgehead atoms. The van der Waals surface area contributed by atoms with E-state index in [-0.39, 0.29) is 6.61 Å². The molecule has 0 saturated carbocycles. The maximum atomic E-state index is 9.34. The van der Waals surface area contributed by atoms with Crippen LogP contribution in [0.4, 0.5) is 0 Å². The molecule has 0 saturated heterocycles. The third-order valence-electron chi connectivity index (χ3n) is 2.56. The topological polar surface area (TPSA) is 50.9 Å². The second-order valence-corrected chi connectivity index (χ2v) is 4.10. The minimum Gasteiger partial charge on any atom is -0.391 e. The van der Waals surface area contributed by atoms with Crippen molar-refractivity contribution in [3.63, 3.8) is 0 Å². The lowest BCUT2D eigenvalue weighted by molar-refractivity contribution is 0.280. The van der Waals surface area contributed by atoms with Crippen LogP contribution in [0.15, 0.2) is 24.5 Å². The molecular weight excluding hydrogens is 238 g/mol. The van der Waals surface area contributed by atoms with Crippen LogP contribution in [0.25, 0.3) is 5.69 Å². The summed E-state index contributed by atoms with van der Waals surface area (Å²) in [4.78, 5) is 3.95. The Morgan fingerprint density at radius 2 is 2.06 bits per heavy atom. The van der Waals surface area contributed by atoms with Crippen molar-refractivity contribution < 1.29 is 5.11 Å². The summed E-state index contributed by atoms with van der Waals surface area (Å²) in [6.07, 6.45) is 5.15. The van der Waals surface area contributed by atoms with Gasteiger partial charge in [0.05, 0.1) is 18.0 Å². The lowest BCUT2D eigenvalue weighted by atomic mass is 10.2. The van der Waals surface area contributed by atoms with Crippen LogP contribution in [0.3, 0.4) is 0 Å². The highest BCUT2D eigenvalue weighted by atomic mass is 35.5. The number of aliphatic hydroxyl groups excluding tert-OH is 1. The zero-order chi connectivity index (χ0) is 12.3. The van der Waals surface area contributed by atoms with Gasteiger partial charge in [-0.25, -0.2) is 4.68 Å². The number of aromatic nitrogens is 3. The maximum Gasteiger partial charge on any atom is 0.138 e. The standard InChI is InChI=1S/C12H14ClN3O/c1-2-3-11-10(8-17)12(13)16(15-11)9-4-6-14-7-5-9/h4-7,17H,2-3,8H2,1H3. The fourth-order valence-electron chi connectivity index (χ4n) is 1.72. The Balaban J connectivity index is 2.49.